The molecule has 5 aromatic carbocycles. The summed E-state index contributed by atoms with van der Waals surface area (Å²) in [5, 5.41) is 3.24. The summed E-state index contributed by atoms with van der Waals surface area (Å²) < 4.78 is 11.1. The van der Waals surface area contributed by atoms with Crippen LogP contribution in [0.15, 0.2) is 110 Å². The second-order valence-corrected chi connectivity index (χ2v) is 16.2. The van der Waals surface area contributed by atoms with Crippen LogP contribution in [0.1, 0.15) is 89.6 Å². The molecule has 0 amide bonds. The van der Waals surface area contributed by atoms with Crippen molar-refractivity contribution in [3.63, 3.8) is 0 Å². The topological polar surface area (TPSA) is 44.4 Å². The Labute approximate surface area is 332 Å². The predicted molar refractivity (Wildman–Crippen MR) is 217 cm³/mol. The van der Waals surface area contributed by atoms with Crippen LogP contribution >= 0.6 is 0 Å². The maximum Gasteiger partial charge on any atom is 2.00 e. The Bertz CT molecular complexity index is 2690. The summed E-state index contributed by atoms with van der Waals surface area (Å²) in [4.78, 5) is 10.3. The smallest absolute Gasteiger partial charge is 0.497 e. The largest absolute Gasteiger partial charge is 2.00 e. The number of imidazole rings is 2. The fourth-order valence-electron chi connectivity index (χ4n) is 8.42. The van der Waals surface area contributed by atoms with E-state index in [9.17, 15) is 0 Å². The summed E-state index contributed by atoms with van der Waals surface area (Å²) in [6.07, 6.45) is 4.02. The van der Waals surface area contributed by atoms with Crippen molar-refractivity contribution in [2.45, 2.75) is 78.1 Å². The average Bonchev–Trinajstić information content (AvgIpc) is 3.81. The SMILES string of the molecule is CC(C)c1cccc(C(C)C)c1-n1cnc(-c2[c-]c(Oc3[c-]c4c(cc3)c3cccc5c3n3c(c(-c6ccccc6)nc43)C(C)(C)C5(C)C)ccc2)c1.[Pt+2]. The predicted octanol–water partition coefficient (Wildman–Crippen LogP) is 12.4. The van der Waals surface area contributed by atoms with Crippen LogP contribution in [-0.2, 0) is 31.9 Å². The van der Waals surface area contributed by atoms with Crippen LogP contribution < -0.4 is 4.74 Å². The van der Waals surface area contributed by atoms with Gasteiger partial charge in [0.25, 0.3) is 0 Å². The zero-order chi connectivity index (χ0) is 36.8. The van der Waals surface area contributed by atoms with E-state index in [0.29, 0.717) is 23.3 Å². The van der Waals surface area contributed by atoms with Crippen molar-refractivity contribution < 1.29 is 25.8 Å². The molecular weight excluding hydrogens is 844 g/mol. The molecule has 0 aliphatic carbocycles. The molecule has 0 saturated carbocycles. The molecule has 0 spiro atoms. The van der Waals surface area contributed by atoms with Gasteiger partial charge in [0, 0.05) is 44.8 Å². The van der Waals surface area contributed by atoms with Gasteiger partial charge in [-0.3, -0.25) is 9.97 Å². The average molecular weight is 888 g/mol. The van der Waals surface area contributed by atoms with Gasteiger partial charge in [-0.05, 0) is 40.1 Å². The minimum absolute atomic E-state index is 0. The molecule has 54 heavy (non-hydrogen) atoms. The fourth-order valence-corrected chi connectivity index (χ4v) is 8.42. The molecule has 0 radical (unpaired) electrons. The zero-order valence-corrected chi connectivity index (χ0v) is 34.3. The summed E-state index contributed by atoms with van der Waals surface area (Å²) in [7, 11) is 0. The summed E-state index contributed by atoms with van der Waals surface area (Å²) in [5.74, 6) is 1.99. The van der Waals surface area contributed by atoms with E-state index in [2.05, 4.69) is 155 Å². The third kappa shape index (κ3) is 5.38. The van der Waals surface area contributed by atoms with Gasteiger partial charge in [-0.15, -0.1) is 29.8 Å². The Kier molecular flexibility index (Phi) is 8.73. The van der Waals surface area contributed by atoms with Crippen molar-refractivity contribution in [2.24, 2.45) is 0 Å². The minimum Gasteiger partial charge on any atom is -0.497 e. The first-order chi connectivity index (χ1) is 25.5. The van der Waals surface area contributed by atoms with Crippen LogP contribution in [0, 0.1) is 12.1 Å². The molecule has 6 heteroatoms. The van der Waals surface area contributed by atoms with Gasteiger partial charge >= 0.3 is 21.1 Å². The molecule has 0 atom stereocenters. The van der Waals surface area contributed by atoms with Gasteiger partial charge in [-0.25, -0.2) is 0 Å². The van der Waals surface area contributed by atoms with Crippen molar-refractivity contribution in [1.29, 1.82) is 0 Å². The minimum atomic E-state index is -0.212. The van der Waals surface area contributed by atoms with E-state index in [0.717, 1.165) is 38.9 Å². The molecule has 3 aromatic heterocycles. The van der Waals surface area contributed by atoms with E-state index in [1.54, 1.807) is 0 Å². The number of benzene rings is 5. The van der Waals surface area contributed by atoms with Crippen molar-refractivity contribution in [2.75, 3.05) is 0 Å². The Hall–Kier alpha value is -4.99. The summed E-state index contributed by atoms with van der Waals surface area (Å²) in [5.41, 5.74) is 12.0. The van der Waals surface area contributed by atoms with E-state index in [1.807, 2.05) is 30.6 Å². The van der Waals surface area contributed by atoms with Gasteiger partial charge < -0.3 is 13.7 Å². The summed E-state index contributed by atoms with van der Waals surface area (Å²) in [6.45, 7) is 18.4. The Morgan fingerprint density at radius 1 is 0.685 bits per heavy atom. The standard InChI is InChI=1S/C48H44N4O.Pt/c1-29(2)35-19-13-20-36(30(3)4)43(35)51-27-41(49-28-51)32-17-12-18-33(25-32)53-34-23-24-37-38-21-14-22-40-44(38)52-45(48(7,8)47(40,5)6)42(31-15-10-9-11-16-31)50-46(52)39(37)26-34;/h9-24,27-30H,1-8H3;/q-2;+2. The third-order valence-corrected chi connectivity index (χ3v) is 11.9. The molecule has 9 rings (SSSR count). The monoisotopic (exact) mass is 887 g/mol. The molecule has 1 aliphatic rings. The van der Waals surface area contributed by atoms with E-state index in [1.165, 1.54) is 39.0 Å². The van der Waals surface area contributed by atoms with Crippen LogP contribution in [0.25, 0.3) is 55.5 Å². The second-order valence-electron chi connectivity index (χ2n) is 16.2. The van der Waals surface area contributed by atoms with Crippen LogP contribution in [-0.4, -0.2) is 18.9 Å². The molecule has 0 N–H and O–H groups in total. The fraction of sp³-hybridized carbons (Fsp3) is 0.250. The van der Waals surface area contributed by atoms with Crippen LogP contribution in [0.5, 0.6) is 11.5 Å². The molecule has 0 bridgehead atoms. The first-order valence-electron chi connectivity index (χ1n) is 18.7. The van der Waals surface area contributed by atoms with Gasteiger partial charge in [0.05, 0.1) is 23.4 Å². The molecule has 5 nitrogen and oxygen atoms in total. The molecule has 8 aromatic rings. The van der Waals surface area contributed by atoms with Crippen molar-refractivity contribution in [3.8, 4) is 39.7 Å². The molecule has 0 fully saturated rings. The van der Waals surface area contributed by atoms with Gasteiger partial charge in [-0.1, -0.05) is 151 Å². The van der Waals surface area contributed by atoms with Crippen molar-refractivity contribution in [3.05, 3.63) is 144 Å². The number of pyridine rings is 1. The number of fused-ring (bicyclic) bond motifs is 3. The van der Waals surface area contributed by atoms with Gasteiger partial charge in [0.2, 0.25) is 0 Å². The Morgan fingerprint density at radius 3 is 2.09 bits per heavy atom. The normalized spacial score (nSPS) is 14.4. The first-order valence-corrected chi connectivity index (χ1v) is 18.7. The zero-order valence-electron chi connectivity index (χ0n) is 32.1. The van der Waals surface area contributed by atoms with E-state index < -0.39 is 0 Å². The number of rotatable bonds is 7. The maximum atomic E-state index is 6.55. The molecule has 0 saturated heterocycles. The number of para-hydroxylation sites is 2. The third-order valence-electron chi connectivity index (χ3n) is 11.9. The van der Waals surface area contributed by atoms with E-state index in [-0.39, 0.29) is 31.9 Å². The number of nitrogens with zero attached hydrogens (tertiary/aromatic N) is 4. The molecule has 4 heterocycles. The first kappa shape index (κ1) is 36.0. The number of aromatic nitrogens is 4. The van der Waals surface area contributed by atoms with Crippen LogP contribution in [0.3, 0.4) is 0 Å². The van der Waals surface area contributed by atoms with E-state index in [4.69, 9.17) is 14.7 Å². The van der Waals surface area contributed by atoms with Crippen LogP contribution in [0.4, 0.5) is 0 Å². The molecular formula is C48H44N4OPt. The van der Waals surface area contributed by atoms with Crippen LogP contribution in [0.2, 0.25) is 0 Å². The number of ether oxygens (including phenoxy) is 1. The van der Waals surface area contributed by atoms with Gasteiger partial charge in [0.15, 0.2) is 0 Å². The Morgan fingerprint density at radius 2 is 1.37 bits per heavy atom. The van der Waals surface area contributed by atoms with Gasteiger partial charge in [0.1, 0.15) is 0 Å². The number of hydrogen-bond donors (Lipinski definition) is 0. The summed E-state index contributed by atoms with van der Waals surface area (Å²) in [6, 6.07) is 41.2. The Balaban J connectivity index is 0.00000413. The second kappa shape index (κ2) is 13.1. The maximum absolute atomic E-state index is 6.55. The number of hydrogen-bond acceptors (Lipinski definition) is 3. The van der Waals surface area contributed by atoms with E-state index >= 15 is 0 Å². The molecule has 0 unspecified atom stereocenters. The summed E-state index contributed by atoms with van der Waals surface area (Å²) >= 11 is 0. The van der Waals surface area contributed by atoms with Crippen molar-refractivity contribution in [1.82, 2.24) is 18.9 Å². The van der Waals surface area contributed by atoms with Gasteiger partial charge in [-0.2, -0.15) is 0 Å². The molecule has 1 aliphatic heterocycles. The molecule has 272 valence electrons. The quantitative estimate of drug-likeness (QED) is 0.118. The van der Waals surface area contributed by atoms with Crippen molar-refractivity contribution >= 4 is 27.3 Å².